The lowest BCUT2D eigenvalue weighted by Gasteiger charge is -2.19. The van der Waals surface area contributed by atoms with E-state index in [4.69, 9.17) is 37.4 Å². The summed E-state index contributed by atoms with van der Waals surface area (Å²) in [6, 6.07) is 7.83. The molecule has 3 rings (SSSR count). The summed E-state index contributed by atoms with van der Waals surface area (Å²) >= 11 is 11.2. The highest BCUT2D eigenvalue weighted by Gasteiger charge is 2.29. The fourth-order valence-corrected chi connectivity index (χ4v) is 3.35. The number of ether oxygens (including phenoxy) is 3. The van der Waals surface area contributed by atoms with Gasteiger partial charge in [-0.15, -0.1) is 0 Å². The van der Waals surface area contributed by atoms with Gasteiger partial charge < -0.3 is 24.8 Å². The van der Waals surface area contributed by atoms with Crippen LogP contribution in [0, 0.1) is 23.5 Å². The summed E-state index contributed by atoms with van der Waals surface area (Å²) in [6.07, 6.45) is 0. The Morgan fingerprint density at radius 1 is 0.848 bits per heavy atom. The second-order valence-electron chi connectivity index (χ2n) is 7.39. The van der Waals surface area contributed by atoms with Crippen molar-refractivity contribution in [2.24, 2.45) is 11.8 Å². The Kier molecular flexibility index (Phi) is 9.11. The van der Waals surface area contributed by atoms with Gasteiger partial charge in [0.05, 0.1) is 23.3 Å². The highest BCUT2D eigenvalue weighted by Crippen LogP contribution is 2.22. The number of nitrogens with one attached hydrogen (secondary N) is 2. The Bertz CT molecular complexity index is 918. The van der Waals surface area contributed by atoms with Crippen LogP contribution >= 0.6 is 23.2 Å². The molecule has 2 N–H and O–H groups in total. The molecular weight excluding hydrogens is 481 g/mol. The molecule has 0 spiro atoms. The highest BCUT2D eigenvalue weighted by atomic mass is 35.5. The van der Waals surface area contributed by atoms with Crippen LogP contribution in [0.4, 0.5) is 8.78 Å². The van der Waals surface area contributed by atoms with Crippen molar-refractivity contribution in [3.8, 4) is 11.5 Å². The van der Waals surface area contributed by atoms with E-state index in [9.17, 15) is 18.4 Å². The van der Waals surface area contributed by atoms with Crippen LogP contribution in [0.1, 0.15) is 0 Å². The van der Waals surface area contributed by atoms with E-state index >= 15 is 0 Å². The molecule has 1 heterocycles. The molecule has 7 nitrogen and oxygen atoms in total. The second kappa shape index (κ2) is 12.0. The number of benzene rings is 2. The molecule has 1 aliphatic heterocycles. The summed E-state index contributed by atoms with van der Waals surface area (Å²) in [4.78, 5) is 24.1. The smallest absolute Gasteiger partial charge is 0.257 e. The number of carbonyl (C=O) groups excluding carboxylic acids is 2. The molecule has 0 aromatic heterocycles. The molecule has 2 aromatic rings. The fraction of sp³-hybridized carbons (Fsp3) is 0.364. The number of rotatable bonds is 10. The van der Waals surface area contributed by atoms with Crippen LogP contribution < -0.4 is 20.1 Å². The van der Waals surface area contributed by atoms with E-state index in [0.29, 0.717) is 26.3 Å². The van der Waals surface area contributed by atoms with Gasteiger partial charge in [0.2, 0.25) is 0 Å². The predicted octanol–water partition coefficient (Wildman–Crippen LogP) is 3.22. The number of carbonyl (C=O) groups is 2. The molecule has 2 atom stereocenters. The van der Waals surface area contributed by atoms with Gasteiger partial charge in [-0.05, 0) is 24.3 Å². The maximum absolute atomic E-state index is 13.4. The molecule has 0 aliphatic carbocycles. The van der Waals surface area contributed by atoms with Crippen LogP contribution in [-0.2, 0) is 14.3 Å². The fourth-order valence-electron chi connectivity index (χ4n) is 3.12. The molecule has 2 aromatic carbocycles. The van der Waals surface area contributed by atoms with Crippen LogP contribution in [0.3, 0.4) is 0 Å². The predicted molar refractivity (Wildman–Crippen MR) is 118 cm³/mol. The van der Waals surface area contributed by atoms with E-state index in [-0.39, 0.29) is 58.4 Å². The van der Waals surface area contributed by atoms with Crippen LogP contribution in [0.25, 0.3) is 0 Å². The molecule has 33 heavy (non-hydrogen) atoms. The molecule has 0 bridgehead atoms. The van der Waals surface area contributed by atoms with Crippen LogP contribution in [0.15, 0.2) is 36.4 Å². The first-order valence-corrected chi connectivity index (χ1v) is 10.8. The summed E-state index contributed by atoms with van der Waals surface area (Å²) < 4.78 is 42.8. The van der Waals surface area contributed by atoms with Crippen molar-refractivity contribution >= 4 is 35.0 Å². The minimum atomic E-state index is -0.631. The monoisotopic (exact) mass is 502 g/mol. The van der Waals surface area contributed by atoms with Gasteiger partial charge in [-0.2, -0.15) is 0 Å². The first kappa shape index (κ1) is 25.0. The van der Waals surface area contributed by atoms with Gasteiger partial charge in [-0.25, -0.2) is 8.78 Å². The van der Waals surface area contributed by atoms with Gasteiger partial charge in [0.25, 0.3) is 11.8 Å². The molecule has 11 heteroatoms. The van der Waals surface area contributed by atoms with E-state index in [1.165, 1.54) is 24.3 Å². The molecule has 1 saturated heterocycles. The van der Waals surface area contributed by atoms with E-state index in [0.717, 1.165) is 12.1 Å². The second-order valence-corrected chi connectivity index (χ2v) is 8.21. The minimum absolute atomic E-state index is 0.00601. The summed E-state index contributed by atoms with van der Waals surface area (Å²) in [5.74, 6) is -1.63. The van der Waals surface area contributed by atoms with Crippen molar-refractivity contribution in [2.45, 2.75) is 0 Å². The van der Waals surface area contributed by atoms with E-state index in [1.807, 2.05) is 0 Å². The minimum Gasteiger partial charge on any atom is -0.484 e. The Labute approximate surface area is 199 Å². The molecule has 0 unspecified atom stereocenters. The van der Waals surface area contributed by atoms with Crippen molar-refractivity contribution in [3.05, 3.63) is 58.1 Å². The zero-order valence-corrected chi connectivity index (χ0v) is 18.9. The summed E-state index contributed by atoms with van der Waals surface area (Å²) in [7, 11) is 0. The van der Waals surface area contributed by atoms with Gasteiger partial charge >= 0.3 is 0 Å². The highest BCUT2D eigenvalue weighted by molar-refractivity contribution is 6.31. The molecular formula is C22H22Cl2F2N2O5. The zero-order chi connectivity index (χ0) is 23.8. The molecule has 0 radical (unpaired) electrons. The topological polar surface area (TPSA) is 85.9 Å². The Balaban J connectivity index is 1.35. The maximum Gasteiger partial charge on any atom is 0.257 e. The quantitative estimate of drug-likeness (QED) is 0.520. The normalized spacial score (nSPS) is 17.5. The largest absolute Gasteiger partial charge is 0.484 e. The molecule has 2 amide bonds. The summed E-state index contributed by atoms with van der Waals surface area (Å²) in [5, 5.41) is 5.43. The number of halogens is 4. The SMILES string of the molecule is O=C(COc1ccc(Cl)c(F)c1)NC[C@@H]1COC[C@H]1CNC(=O)COc1ccc(Cl)c(F)c1. The van der Waals surface area contributed by atoms with Crippen molar-refractivity contribution in [3.63, 3.8) is 0 Å². The lowest BCUT2D eigenvalue weighted by atomic mass is 9.96. The Morgan fingerprint density at radius 3 is 1.67 bits per heavy atom. The average Bonchev–Trinajstić information content (AvgIpc) is 3.25. The Hall–Kier alpha value is -2.62. The maximum atomic E-state index is 13.4. The van der Waals surface area contributed by atoms with E-state index in [1.54, 1.807) is 0 Å². The van der Waals surface area contributed by atoms with Crippen molar-refractivity contribution < 1.29 is 32.6 Å². The van der Waals surface area contributed by atoms with E-state index < -0.39 is 11.6 Å². The third-order valence-electron chi connectivity index (χ3n) is 4.98. The third kappa shape index (κ3) is 7.73. The summed E-state index contributed by atoms with van der Waals surface area (Å²) in [5.41, 5.74) is 0. The Morgan fingerprint density at radius 2 is 1.27 bits per heavy atom. The molecule has 1 aliphatic rings. The van der Waals surface area contributed by atoms with Gasteiger partial charge in [0.15, 0.2) is 13.2 Å². The van der Waals surface area contributed by atoms with Gasteiger partial charge in [0.1, 0.15) is 23.1 Å². The zero-order valence-electron chi connectivity index (χ0n) is 17.4. The third-order valence-corrected chi connectivity index (χ3v) is 5.59. The number of hydrogen-bond acceptors (Lipinski definition) is 5. The summed E-state index contributed by atoms with van der Waals surface area (Å²) in [6.45, 7) is 0.975. The van der Waals surface area contributed by atoms with Crippen LogP contribution in [0.2, 0.25) is 10.0 Å². The van der Waals surface area contributed by atoms with Crippen molar-refractivity contribution in [1.29, 1.82) is 0 Å². The first-order valence-electron chi connectivity index (χ1n) is 10.1. The molecule has 178 valence electrons. The molecule has 1 fully saturated rings. The lowest BCUT2D eigenvalue weighted by Crippen LogP contribution is -2.40. The van der Waals surface area contributed by atoms with E-state index in [2.05, 4.69) is 10.6 Å². The number of amides is 2. The van der Waals surface area contributed by atoms with Gasteiger partial charge in [0, 0.05) is 37.1 Å². The van der Waals surface area contributed by atoms with Gasteiger partial charge in [-0.3, -0.25) is 9.59 Å². The van der Waals surface area contributed by atoms with Gasteiger partial charge in [-0.1, -0.05) is 23.2 Å². The van der Waals surface area contributed by atoms with Crippen LogP contribution in [-0.4, -0.2) is 51.3 Å². The lowest BCUT2D eigenvalue weighted by molar-refractivity contribution is -0.124. The average molecular weight is 503 g/mol. The number of hydrogen-bond donors (Lipinski definition) is 2. The van der Waals surface area contributed by atoms with Crippen molar-refractivity contribution in [2.75, 3.05) is 39.5 Å². The first-order chi connectivity index (χ1) is 15.8. The van der Waals surface area contributed by atoms with Crippen LogP contribution in [0.5, 0.6) is 11.5 Å². The molecule has 0 saturated carbocycles. The van der Waals surface area contributed by atoms with Crippen molar-refractivity contribution in [1.82, 2.24) is 10.6 Å². The standard InChI is InChI=1S/C22H22Cl2F2N2O5/c23-17-3-1-15(5-19(17)25)32-11-21(29)27-7-13-9-31-10-14(13)8-28-22(30)12-33-16-2-4-18(24)20(26)6-16/h1-6,13-14H,7-12H2,(H,27,29)(H,28,30)/t13-,14-/m1/s1.